The highest BCUT2D eigenvalue weighted by Crippen LogP contribution is 2.28. The molecule has 9 nitrogen and oxygen atoms in total. The van der Waals surface area contributed by atoms with Crippen molar-refractivity contribution in [2.24, 2.45) is 0 Å². The number of halogens is 2. The molecule has 0 fully saturated rings. The smallest absolute Gasteiger partial charge is 0.337 e. The number of hydrogen-bond donors (Lipinski definition) is 4. The van der Waals surface area contributed by atoms with Crippen molar-refractivity contribution in [1.82, 2.24) is 20.3 Å². The maximum Gasteiger partial charge on any atom is 0.337 e. The number of aromatic carboxylic acids is 1. The molecule has 0 saturated heterocycles. The van der Waals surface area contributed by atoms with E-state index in [1.54, 1.807) is 0 Å². The van der Waals surface area contributed by atoms with E-state index in [1.807, 2.05) is 0 Å². The summed E-state index contributed by atoms with van der Waals surface area (Å²) in [6, 6.07) is 5.56. The van der Waals surface area contributed by atoms with Crippen LogP contribution >= 0.6 is 11.6 Å². The normalized spacial score (nSPS) is 10.4. The fourth-order valence-electron chi connectivity index (χ4n) is 2.61. The summed E-state index contributed by atoms with van der Waals surface area (Å²) in [4.78, 5) is 35.0. The Balaban J connectivity index is 1.91. The SMILES string of the molecule is CC(=O)NCCNc1nc(Nc2ccc(F)c(Cl)c2)ncc1-c1cncc(C(=O)O)c1. The second-order valence-electron chi connectivity index (χ2n) is 6.39. The molecule has 1 aromatic carbocycles. The molecule has 3 rings (SSSR count). The predicted molar refractivity (Wildman–Crippen MR) is 114 cm³/mol. The van der Waals surface area contributed by atoms with Crippen LogP contribution in [0.25, 0.3) is 11.1 Å². The van der Waals surface area contributed by atoms with Gasteiger partial charge >= 0.3 is 5.97 Å². The van der Waals surface area contributed by atoms with E-state index in [0.29, 0.717) is 35.7 Å². The summed E-state index contributed by atoms with van der Waals surface area (Å²) < 4.78 is 13.4. The van der Waals surface area contributed by atoms with Gasteiger partial charge in [-0.25, -0.2) is 14.2 Å². The van der Waals surface area contributed by atoms with Gasteiger partial charge in [0.2, 0.25) is 11.9 Å². The molecule has 2 aromatic heterocycles. The van der Waals surface area contributed by atoms with E-state index in [1.165, 1.54) is 49.8 Å². The number of benzene rings is 1. The third-order valence-corrected chi connectivity index (χ3v) is 4.34. The Morgan fingerprint density at radius 1 is 1.16 bits per heavy atom. The second-order valence-corrected chi connectivity index (χ2v) is 6.79. The van der Waals surface area contributed by atoms with E-state index >= 15 is 0 Å². The molecule has 0 aliphatic rings. The molecule has 2 heterocycles. The van der Waals surface area contributed by atoms with Crippen LogP contribution in [0.3, 0.4) is 0 Å². The van der Waals surface area contributed by atoms with Crippen molar-refractivity contribution in [2.45, 2.75) is 6.92 Å². The molecule has 0 atom stereocenters. The Bertz CT molecular complexity index is 1130. The number of nitrogens with zero attached hydrogens (tertiary/aromatic N) is 3. The summed E-state index contributed by atoms with van der Waals surface area (Å²) in [5.41, 5.74) is 1.52. The van der Waals surface area contributed by atoms with Crippen molar-refractivity contribution < 1.29 is 19.1 Å². The molecule has 0 saturated carbocycles. The molecular formula is C20H18ClFN6O3. The Hall–Kier alpha value is -3.79. The first-order valence-electron chi connectivity index (χ1n) is 9.09. The van der Waals surface area contributed by atoms with Gasteiger partial charge in [-0.15, -0.1) is 0 Å². The van der Waals surface area contributed by atoms with Gasteiger partial charge in [-0.05, 0) is 24.3 Å². The Morgan fingerprint density at radius 3 is 2.68 bits per heavy atom. The third kappa shape index (κ3) is 5.86. The van der Waals surface area contributed by atoms with E-state index in [4.69, 9.17) is 11.6 Å². The van der Waals surface area contributed by atoms with E-state index in [9.17, 15) is 19.1 Å². The predicted octanol–water partition coefficient (Wildman–Crippen LogP) is 3.32. The number of amides is 1. The molecule has 0 aliphatic heterocycles. The van der Waals surface area contributed by atoms with E-state index in [-0.39, 0.29) is 22.4 Å². The minimum atomic E-state index is -1.11. The number of aromatic nitrogens is 3. The highest BCUT2D eigenvalue weighted by Gasteiger charge is 2.13. The Kier molecular flexibility index (Phi) is 6.93. The number of carboxylic acid groups (broad SMARTS) is 1. The zero-order chi connectivity index (χ0) is 22.4. The molecule has 0 bridgehead atoms. The Morgan fingerprint density at radius 2 is 1.97 bits per heavy atom. The van der Waals surface area contributed by atoms with Gasteiger partial charge in [0, 0.05) is 55.4 Å². The average Bonchev–Trinajstić information content (AvgIpc) is 2.74. The first kappa shape index (κ1) is 21.9. The van der Waals surface area contributed by atoms with Gasteiger partial charge in [0.25, 0.3) is 0 Å². The van der Waals surface area contributed by atoms with Gasteiger partial charge in [0.05, 0.1) is 10.6 Å². The fraction of sp³-hybridized carbons (Fsp3) is 0.150. The van der Waals surface area contributed by atoms with Gasteiger partial charge in [-0.1, -0.05) is 11.6 Å². The average molecular weight is 445 g/mol. The topological polar surface area (TPSA) is 129 Å². The monoisotopic (exact) mass is 444 g/mol. The lowest BCUT2D eigenvalue weighted by atomic mass is 10.1. The zero-order valence-corrected chi connectivity index (χ0v) is 17.1. The van der Waals surface area contributed by atoms with Crippen LogP contribution < -0.4 is 16.0 Å². The second kappa shape index (κ2) is 9.81. The number of carbonyl (C=O) groups excluding carboxylic acids is 1. The van der Waals surface area contributed by atoms with E-state index in [2.05, 4.69) is 30.9 Å². The summed E-state index contributed by atoms with van der Waals surface area (Å²) in [7, 11) is 0. The minimum Gasteiger partial charge on any atom is -0.478 e. The standard InChI is InChI=1S/C20H18ClFN6O3/c1-11(29)24-4-5-25-18-15(12-6-13(19(30)31)9-23-8-12)10-26-20(28-18)27-14-2-3-17(22)16(21)7-14/h2-3,6-10H,4-5H2,1H3,(H,24,29)(H,30,31)(H2,25,26,27,28). The highest BCUT2D eigenvalue weighted by atomic mass is 35.5. The molecular weight excluding hydrogens is 427 g/mol. The van der Waals surface area contributed by atoms with Gasteiger partial charge in [-0.2, -0.15) is 4.98 Å². The molecule has 0 unspecified atom stereocenters. The lowest BCUT2D eigenvalue weighted by Crippen LogP contribution is -2.26. The summed E-state index contributed by atoms with van der Waals surface area (Å²) in [5, 5.41) is 17.9. The van der Waals surface area contributed by atoms with Crippen molar-refractivity contribution in [3.63, 3.8) is 0 Å². The van der Waals surface area contributed by atoms with Crippen LogP contribution in [0.4, 0.5) is 21.8 Å². The van der Waals surface area contributed by atoms with Gasteiger partial charge < -0.3 is 21.1 Å². The lowest BCUT2D eigenvalue weighted by Gasteiger charge is -2.14. The van der Waals surface area contributed by atoms with Gasteiger partial charge in [0.15, 0.2) is 0 Å². The number of hydrogen-bond acceptors (Lipinski definition) is 7. The molecule has 3 aromatic rings. The van der Waals surface area contributed by atoms with Gasteiger partial charge in [-0.3, -0.25) is 9.78 Å². The summed E-state index contributed by atoms with van der Waals surface area (Å²) in [6.45, 7) is 2.12. The van der Waals surface area contributed by atoms with Crippen LogP contribution in [0.15, 0.2) is 42.9 Å². The molecule has 1 amide bonds. The summed E-state index contributed by atoms with van der Waals surface area (Å²) in [6.07, 6.45) is 4.24. The zero-order valence-electron chi connectivity index (χ0n) is 16.3. The van der Waals surface area contributed by atoms with Crippen molar-refractivity contribution in [1.29, 1.82) is 0 Å². The number of anilines is 3. The maximum absolute atomic E-state index is 13.4. The highest BCUT2D eigenvalue weighted by molar-refractivity contribution is 6.31. The lowest BCUT2D eigenvalue weighted by molar-refractivity contribution is -0.118. The molecule has 31 heavy (non-hydrogen) atoms. The molecule has 0 aliphatic carbocycles. The van der Waals surface area contributed by atoms with Crippen molar-refractivity contribution in [3.8, 4) is 11.1 Å². The first-order chi connectivity index (χ1) is 14.8. The fourth-order valence-corrected chi connectivity index (χ4v) is 2.80. The molecule has 4 N–H and O–H groups in total. The van der Waals surface area contributed by atoms with Crippen molar-refractivity contribution >= 4 is 40.9 Å². The quantitative estimate of drug-likeness (QED) is 0.389. The van der Waals surface area contributed by atoms with Crippen LogP contribution in [0.2, 0.25) is 5.02 Å². The maximum atomic E-state index is 13.4. The molecule has 160 valence electrons. The molecule has 11 heteroatoms. The number of nitrogens with one attached hydrogen (secondary N) is 3. The van der Waals surface area contributed by atoms with Crippen LogP contribution in [0, 0.1) is 5.82 Å². The van der Waals surface area contributed by atoms with Crippen LogP contribution in [0.5, 0.6) is 0 Å². The van der Waals surface area contributed by atoms with Crippen LogP contribution in [-0.4, -0.2) is 45.0 Å². The molecule has 0 radical (unpaired) electrons. The van der Waals surface area contributed by atoms with Crippen molar-refractivity contribution in [3.05, 3.63) is 59.3 Å². The third-order valence-electron chi connectivity index (χ3n) is 4.05. The number of carboxylic acids is 1. The van der Waals surface area contributed by atoms with Crippen LogP contribution in [0.1, 0.15) is 17.3 Å². The van der Waals surface area contributed by atoms with Gasteiger partial charge in [0.1, 0.15) is 11.6 Å². The summed E-state index contributed by atoms with van der Waals surface area (Å²) in [5.74, 6) is -1.23. The van der Waals surface area contributed by atoms with E-state index < -0.39 is 11.8 Å². The number of rotatable bonds is 8. The summed E-state index contributed by atoms with van der Waals surface area (Å²) >= 11 is 5.81. The minimum absolute atomic E-state index is 0.0184. The number of pyridine rings is 1. The Labute approximate surface area is 181 Å². The number of carbonyl (C=O) groups is 2. The van der Waals surface area contributed by atoms with Crippen LogP contribution in [-0.2, 0) is 4.79 Å². The first-order valence-corrected chi connectivity index (χ1v) is 9.47. The largest absolute Gasteiger partial charge is 0.478 e. The van der Waals surface area contributed by atoms with E-state index in [0.717, 1.165) is 0 Å². The molecule has 0 spiro atoms. The van der Waals surface area contributed by atoms with Crippen molar-refractivity contribution in [2.75, 3.05) is 23.7 Å².